The number of nitrogen functional groups attached to an aromatic ring is 1. The lowest BCUT2D eigenvalue weighted by molar-refractivity contribution is -0.123. The van der Waals surface area contributed by atoms with E-state index in [4.69, 9.17) is 63.6 Å². The number of hydrogen-bond donors (Lipinski definition) is 5. The van der Waals surface area contributed by atoms with E-state index in [-0.39, 0.29) is 56.7 Å². The molecule has 2 aromatic rings. The molecule has 0 heterocycles. The molecule has 2 amide bonds. The summed E-state index contributed by atoms with van der Waals surface area (Å²) in [6.07, 6.45) is 0.746. The second-order valence-corrected chi connectivity index (χ2v) is 8.42. The van der Waals surface area contributed by atoms with E-state index >= 15 is 0 Å². The van der Waals surface area contributed by atoms with Crippen molar-refractivity contribution < 1.29 is 15.1 Å². The summed E-state index contributed by atoms with van der Waals surface area (Å²) >= 11 is 23.9. The van der Waals surface area contributed by atoms with Gasteiger partial charge >= 0.3 is 0 Å². The highest BCUT2D eigenvalue weighted by atomic mass is 35.5. The van der Waals surface area contributed by atoms with Crippen molar-refractivity contribution >= 4 is 82.3 Å². The Morgan fingerprint density at radius 1 is 0.971 bits per heavy atom. The van der Waals surface area contributed by atoms with Crippen LogP contribution in [0.3, 0.4) is 0 Å². The summed E-state index contributed by atoms with van der Waals surface area (Å²) in [6.45, 7) is 0.434. The zero-order chi connectivity index (χ0) is 23.8. The number of rotatable bonds is 9. The minimum Gasteiger partial charge on any atom is -0.412 e. The lowest BCUT2D eigenvalue weighted by Gasteiger charge is -2.19. The van der Waals surface area contributed by atoms with Crippen molar-refractivity contribution in [3.05, 3.63) is 61.5 Å². The molecule has 14 heteroatoms. The number of guanidine groups is 1. The Labute approximate surface area is 223 Å². The first-order valence-electron chi connectivity index (χ1n) is 9.41. The Hall–Kier alpha value is -2.14. The van der Waals surface area contributed by atoms with Crippen LogP contribution in [0, 0.1) is 0 Å². The van der Waals surface area contributed by atoms with Crippen LogP contribution in [-0.2, 0) is 11.3 Å². The molecule has 9 nitrogen and oxygen atoms in total. The molecule has 188 valence electrons. The third kappa shape index (κ3) is 9.61. The fourth-order valence-corrected chi connectivity index (χ4v) is 3.53. The van der Waals surface area contributed by atoms with Crippen molar-refractivity contribution in [2.45, 2.75) is 25.4 Å². The third-order valence-corrected chi connectivity index (χ3v) is 5.72. The number of anilines is 1. The third-order valence-electron chi connectivity index (χ3n) is 4.35. The first-order chi connectivity index (χ1) is 15.1. The summed E-state index contributed by atoms with van der Waals surface area (Å²) < 4.78 is 0. The summed E-state index contributed by atoms with van der Waals surface area (Å²) in [4.78, 5) is 29.4. The Morgan fingerprint density at radius 3 is 2.15 bits per heavy atom. The SMILES string of the molecule is Cl.NC(N)=NCCC[C@@H](NC(=O)c1ccc(Cl)c(Cl)c1)C(=O)NCc1cc(Cl)c(N)c(Cl)c1.O. The van der Waals surface area contributed by atoms with Crippen molar-refractivity contribution in [3.8, 4) is 0 Å². The first-order valence-corrected chi connectivity index (χ1v) is 10.9. The molecule has 0 bridgehead atoms. The van der Waals surface area contributed by atoms with Crippen LogP contribution >= 0.6 is 58.8 Å². The summed E-state index contributed by atoms with van der Waals surface area (Å²) in [7, 11) is 0. The Kier molecular flexibility index (Phi) is 14.0. The van der Waals surface area contributed by atoms with Gasteiger partial charge in [-0.05, 0) is 48.7 Å². The van der Waals surface area contributed by atoms with E-state index in [1.54, 1.807) is 12.1 Å². The van der Waals surface area contributed by atoms with Crippen molar-refractivity contribution in [2.24, 2.45) is 16.5 Å². The van der Waals surface area contributed by atoms with Gasteiger partial charge in [0, 0.05) is 18.7 Å². The number of carbonyl (C=O) groups excluding carboxylic acids is 2. The topological polar surface area (TPSA) is 180 Å². The number of hydrogen-bond acceptors (Lipinski definition) is 4. The van der Waals surface area contributed by atoms with E-state index < -0.39 is 17.9 Å². The van der Waals surface area contributed by atoms with Gasteiger partial charge in [-0.1, -0.05) is 46.4 Å². The Balaban J connectivity index is 0.00000544. The number of nitrogens with one attached hydrogen (secondary N) is 2. The summed E-state index contributed by atoms with van der Waals surface area (Å²) in [5.41, 5.74) is 17.6. The van der Waals surface area contributed by atoms with E-state index in [9.17, 15) is 9.59 Å². The van der Waals surface area contributed by atoms with Gasteiger partial charge in [0.05, 0.1) is 25.8 Å². The van der Waals surface area contributed by atoms with Crippen molar-refractivity contribution in [1.82, 2.24) is 10.6 Å². The lowest BCUT2D eigenvalue weighted by Crippen LogP contribution is -2.46. The average Bonchev–Trinajstić information content (AvgIpc) is 2.73. The van der Waals surface area contributed by atoms with E-state index in [0.29, 0.717) is 30.0 Å². The molecule has 0 spiro atoms. The van der Waals surface area contributed by atoms with Crippen LogP contribution in [0.15, 0.2) is 35.3 Å². The average molecular weight is 575 g/mol. The normalized spacial score (nSPS) is 10.8. The number of halogens is 5. The second kappa shape index (κ2) is 15.0. The molecule has 1 atom stereocenters. The molecule has 2 aromatic carbocycles. The van der Waals surface area contributed by atoms with E-state index in [2.05, 4.69) is 15.6 Å². The molecule has 0 aromatic heterocycles. The number of nitrogens with zero attached hydrogens (tertiary/aromatic N) is 1. The molecule has 0 saturated carbocycles. The highest BCUT2D eigenvalue weighted by Crippen LogP contribution is 2.28. The van der Waals surface area contributed by atoms with Gasteiger partial charge in [-0.15, -0.1) is 12.4 Å². The maximum Gasteiger partial charge on any atom is 0.251 e. The van der Waals surface area contributed by atoms with Gasteiger partial charge < -0.3 is 33.3 Å². The van der Waals surface area contributed by atoms with E-state index in [1.807, 2.05) is 0 Å². The van der Waals surface area contributed by atoms with Crippen molar-refractivity contribution in [3.63, 3.8) is 0 Å². The van der Waals surface area contributed by atoms with Crippen molar-refractivity contribution in [2.75, 3.05) is 12.3 Å². The largest absolute Gasteiger partial charge is 0.412 e. The highest BCUT2D eigenvalue weighted by molar-refractivity contribution is 6.42. The maximum atomic E-state index is 12.8. The number of amides is 2. The van der Waals surface area contributed by atoms with Crippen LogP contribution < -0.4 is 27.8 Å². The zero-order valence-electron chi connectivity index (χ0n) is 17.7. The molecule has 2 rings (SSSR count). The fraction of sp³-hybridized carbons (Fsp3) is 0.250. The number of carbonyl (C=O) groups is 2. The number of benzene rings is 2. The molecule has 0 aliphatic rings. The van der Waals surface area contributed by atoms with Gasteiger partial charge in [0.1, 0.15) is 6.04 Å². The Bertz CT molecular complexity index is 1010. The summed E-state index contributed by atoms with van der Waals surface area (Å²) in [5, 5.41) is 6.56. The van der Waals surface area contributed by atoms with Gasteiger partial charge in [0.2, 0.25) is 5.91 Å². The number of nitrogens with two attached hydrogens (primary N) is 3. The molecule has 0 radical (unpaired) electrons. The highest BCUT2D eigenvalue weighted by Gasteiger charge is 2.21. The van der Waals surface area contributed by atoms with Gasteiger partial charge in [0.15, 0.2) is 5.96 Å². The second-order valence-electron chi connectivity index (χ2n) is 6.79. The standard InChI is InChI=1S/C20H22Cl4N6O2.ClH.H2O/c21-12-4-3-11(8-13(12)22)18(31)30-16(2-1-5-28-20(26)27)19(32)29-9-10-6-14(23)17(25)15(24)7-10;;/h3-4,6-8,16H,1-2,5,9,25H2,(H,29,32)(H,30,31)(H4,26,27,28);1H;1H2/t16-;;/m1../s1. The van der Waals surface area contributed by atoms with Crippen LogP contribution in [0.25, 0.3) is 0 Å². The van der Waals surface area contributed by atoms with E-state index in [0.717, 1.165) is 0 Å². The minimum absolute atomic E-state index is 0. The van der Waals surface area contributed by atoms with E-state index in [1.165, 1.54) is 18.2 Å². The van der Waals surface area contributed by atoms with Crippen LogP contribution in [0.5, 0.6) is 0 Å². The van der Waals surface area contributed by atoms with Gasteiger partial charge in [-0.3, -0.25) is 14.6 Å². The molecule has 10 N–H and O–H groups in total. The predicted molar refractivity (Wildman–Crippen MR) is 141 cm³/mol. The molecular weight excluding hydrogens is 550 g/mol. The number of aliphatic imine (C=N–C) groups is 1. The van der Waals surface area contributed by atoms with Crippen LogP contribution in [-0.4, -0.2) is 35.8 Å². The van der Waals surface area contributed by atoms with Gasteiger partial charge in [-0.25, -0.2) is 0 Å². The molecule has 0 aliphatic carbocycles. The van der Waals surface area contributed by atoms with Gasteiger partial charge in [-0.2, -0.15) is 0 Å². The monoisotopic (exact) mass is 572 g/mol. The lowest BCUT2D eigenvalue weighted by atomic mass is 10.1. The molecular formula is C20H25Cl5N6O3. The van der Waals surface area contributed by atoms with Gasteiger partial charge in [0.25, 0.3) is 5.91 Å². The zero-order valence-corrected chi connectivity index (χ0v) is 21.5. The first kappa shape index (κ1) is 31.9. The molecule has 0 saturated heterocycles. The van der Waals surface area contributed by atoms with Crippen LogP contribution in [0.1, 0.15) is 28.8 Å². The minimum atomic E-state index is -0.856. The molecule has 0 unspecified atom stereocenters. The molecule has 34 heavy (non-hydrogen) atoms. The van der Waals surface area contributed by atoms with Crippen LogP contribution in [0.4, 0.5) is 5.69 Å². The fourth-order valence-electron chi connectivity index (χ4n) is 2.70. The summed E-state index contributed by atoms with van der Waals surface area (Å²) in [5.74, 6) is -0.945. The Morgan fingerprint density at radius 2 is 1.59 bits per heavy atom. The smallest absolute Gasteiger partial charge is 0.251 e. The molecule has 0 aliphatic heterocycles. The van der Waals surface area contributed by atoms with Crippen LogP contribution in [0.2, 0.25) is 20.1 Å². The quantitative estimate of drug-likeness (QED) is 0.133. The summed E-state index contributed by atoms with van der Waals surface area (Å²) in [6, 6.07) is 6.78. The predicted octanol–water partition coefficient (Wildman–Crippen LogP) is 2.95. The van der Waals surface area contributed by atoms with Crippen molar-refractivity contribution in [1.29, 1.82) is 0 Å². The maximum absolute atomic E-state index is 12.8. The molecule has 0 fully saturated rings.